The lowest BCUT2D eigenvalue weighted by atomic mass is 9.70. The normalized spacial score (nSPS) is 40.8. The minimum atomic E-state index is -0.0573. The molecule has 0 atom stereocenters. The van der Waals surface area contributed by atoms with Gasteiger partial charge in [0.1, 0.15) is 0 Å². The van der Waals surface area contributed by atoms with E-state index >= 15 is 0 Å². The van der Waals surface area contributed by atoms with Crippen molar-refractivity contribution in [2.45, 2.75) is 51.2 Å². The Morgan fingerprint density at radius 1 is 1.42 bits per heavy atom. The molecule has 2 aliphatic rings. The topological polar surface area (TPSA) is 29.5 Å². The van der Waals surface area contributed by atoms with Crippen LogP contribution in [0.3, 0.4) is 0 Å². The van der Waals surface area contributed by atoms with Crippen LogP contribution >= 0.6 is 0 Å². The summed E-state index contributed by atoms with van der Waals surface area (Å²) < 4.78 is 5.96. The predicted molar refractivity (Wildman–Crippen MR) is 46.9 cm³/mol. The molecule has 0 aromatic rings. The van der Waals surface area contributed by atoms with Gasteiger partial charge in [-0.15, -0.1) is 0 Å². The van der Waals surface area contributed by atoms with E-state index in [2.05, 4.69) is 13.8 Å². The zero-order chi connectivity index (χ0) is 8.82. The molecule has 0 aromatic carbocycles. The molecule has 2 nitrogen and oxygen atoms in total. The number of aliphatic hydroxyl groups is 1. The first-order valence-corrected chi connectivity index (χ1v) is 4.88. The Bertz CT molecular complexity index is 178. The third-order valence-electron chi connectivity index (χ3n) is 3.76. The maximum absolute atomic E-state index is 9.29. The first-order chi connectivity index (χ1) is 5.60. The summed E-state index contributed by atoms with van der Waals surface area (Å²) in [6.45, 7) is 4.46. The number of hydrogen-bond acceptors (Lipinski definition) is 2. The zero-order valence-electron chi connectivity index (χ0n) is 7.97. The van der Waals surface area contributed by atoms with Crippen LogP contribution in [0.5, 0.6) is 0 Å². The molecule has 2 fully saturated rings. The number of ether oxygens (including phenoxy) is 1. The van der Waals surface area contributed by atoms with Crippen LogP contribution in [0.15, 0.2) is 0 Å². The number of fused-ring (bicyclic) bond motifs is 2. The van der Waals surface area contributed by atoms with E-state index in [-0.39, 0.29) is 17.6 Å². The van der Waals surface area contributed by atoms with Gasteiger partial charge in [-0.3, -0.25) is 0 Å². The Balaban J connectivity index is 2.21. The summed E-state index contributed by atoms with van der Waals surface area (Å²) in [5, 5.41) is 9.29. The molecule has 2 heterocycles. The molecule has 1 N–H and O–H groups in total. The molecule has 0 aromatic heterocycles. The quantitative estimate of drug-likeness (QED) is 0.683. The average molecular weight is 170 g/mol. The van der Waals surface area contributed by atoms with Gasteiger partial charge < -0.3 is 9.84 Å². The van der Waals surface area contributed by atoms with E-state index in [9.17, 15) is 5.11 Å². The van der Waals surface area contributed by atoms with Gasteiger partial charge in [-0.2, -0.15) is 0 Å². The van der Waals surface area contributed by atoms with E-state index in [1.54, 1.807) is 0 Å². The van der Waals surface area contributed by atoms with Crippen molar-refractivity contribution in [2.75, 3.05) is 6.61 Å². The second kappa shape index (κ2) is 2.46. The van der Waals surface area contributed by atoms with Crippen molar-refractivity contribution in [3.63, 3.8) is 0 Å². The van der Waals surface area contributed by atoms with Crippen molar-refractivity contribution in [3.05, 3.63) is 0 Å². The third-order valence-corrected chi connectivity index (χ3v) is 3.76. The zero-order valence-corrected chi connectivity index (χ0v) is 7.97. The first-order valence-electron chi connectivity index (χ1n) is 4.88. The van der Waals surface area contributed by atoms with E-state index in [1.165, 1.54) is 12.8 Å². The lowest BCUT2D eigenvalue weighted by molar-refractivity contribution is -0.0933. The summed E-state index contributed by atoms with van der Waals surface area (Å²) in [6.07, 6.45) is 5.18. The van der Waals surface area contributed by atoms with Crippen LogP contribution in [-0.4, -0.2) is 23.4 Å². The summed E-state index contributed by atoms with van der Waals surface area (Å²) in [5.74, 6) is 0. The summed E-state index contributed by atoms with van der Waals surface area (Å²) in [7, 11) is 0. The smallest absolute Gasteiger partial charge is 0.0760 e. The molecule has 2 heteroatoms. The minimum absolute atomic E-state index is 0.00637. The van der Waals surface area contributed by atoms with Gasteiger partial charge in [0, 0.05) is 5.41 Å². The molecule has 0 unspecified atom stereocenters. The van der Waals surface area contributed by atoms with Crippen molar-refractivity contribution in [3.8, 4) is 0 Å². The van der Waals surface area contributed by atoms with Gasteiger partial charge in [0.05, 0.1) is 18.3 Å². The second-order valence-corrected chi connectivity index (χ2v) is 4.85. The van der Waals surface area contributed by atoms with E-state index < -0.39 is 0 Å². The molecule has 0 amide bonds. The monoisotopic (exact) mass is 170 g/mol. The number of aliphatic hydroxyl groups excluding tert-OH is 1. The molecule has 0 saturated carbocycles. The Labute approximate surface area is 73.9 Å². The van der Waals surface area contributed by atoms with Gasteiger partial charge in [0.15, 0.2) is 0 Å². The highest BCUT2D eigenvalue weighted by atomic mass is 16.5. The number of hydrogen-bond donors (Lipinski definition) is 1. The van der Waals surface area contributed by atoms with Gasteiger partial charge in [-0.05, 0) is 25.7 Å². The fourth-order valence-corrected chi connectivity index (χ4v) is 2.59. The average Bonchev–Trinajstić information content (AvgIpc) is 2.64. The van der Waals surface area contributed by atoms with Gasteiger partial charge >= 0.3 is 0 Å². The van der Waals surface area contributed by atoms with Crippen LogP contribution in [0, 0.1) is 5.41 Å². The SMILES string of the molecule is CC(C)(CO)C12CCC(CC1)O2. The molecule has 2 rings (SSSR count). The maximum atomic E-state index is 9.29. The van der Waals surface area contributed by atoms with Gasteiger partial charge in [0.2, 0.25) is 0 Å². The largest absolute Gasteiger partial charge is 0.396 e. The highest BCUT2D eigenvalue weighted by Crippen LogP contribution is 2.52. The van der Waals surface area contributed by atoms with Crippen molar-refractivity contribution in [2.24, 2.45) is 5.41 Å². The summed E-state index contributed by atoms with van der Waals surface area (Å²) in [6, 6.07) is 0. The van der Waals surface area contributed by atoms with E-state index in [4.69, 9.17) is 4.74 Å². The Kier molecular flexibility index (Phi) is 1.74. The van der Waals surface area contributed by atoms with Crippen LogP contribution in [0.1, 0.15) is 39.5 Å². The molecule has 0 radical (unpaired) electrons. The van der Waals surface area contributed by atoms with E-state index in [1.807, 2.05) is 0 Å². The van der Waals surface area contributed by atoms with E-state index in [0.29, 0.717) is 6.10 Å². The molecular formula is C10H18O2. The van der Waals surface area contributed by atoms with Crippen LogP contribution in [0.4, 0.5) is 0 Å². The molecule has 0 aliphatic carbocycles. The Morgan fingerprint density at radius 2 is 2.00 bits per heavy atom. The standard InChI is InChI=1S/C10H18O2/c1-9(2,7-11)10-5-3-8(12-10)4-6-10/h8,11H,3-7H2,1-2H3. The fourth-order valence-electron chi connectivity index (χ4n) is 2.59. The van der Waals surface area contributed by atoms with Crippen LogP contribution in [-0.2, 0) is 4.74 Å². The fraction of sp³-hybridized carbons (Fsp3) is 1.00. The first kappa shape index (κ1) is 8.52. The molecule has 2 aliphatic heterocycles. The maximum Gasteiger partial charge on any atom is 0.0760 e. The summed E-state index contributed by atoms with van der Waals surface area (Å²) in [4.78, 5) is 0. The predicted octanol–water partition coefficient (Wildman–Crippen LogP) is 1.72. The lowest BCUT2D eigenvalue weighted by Gasteiger charge is -2.40. The van der Waals surface area contributed by atoms with Gasteiger partial charge in [-0.1, -0.05) is 13.8 Å². The van der Waals surface area contributed by atoms with Crippen molar-refractivity contribution in [1.82, 2.24) is 0 Å². The third kappa shape index (κ3) is 0.944. The van der Waals surface area contributed by atoms with Crippen LogP contribution in [0.25, 0.3) is 0 Å². The highest BCUT2D eigenvalue weighted by Gasteiger charge is 2.54. The van der Waals surface area contributed by atoms with Crippen LogP contribution < -0.4 is 0 Å². The van der Waals surface area contributed by atoms with Crippen molar-refractivity contribution < 1.29 is 9.84 Å². The summed E-state index contributed by atoms with van der Waals surface area (Å²) in [5.41, 5.74) is -0.0509. The molecule has 2 bridgehead atoms. The van der Waals surface area contributed by atoms with Crippen molar-refractivity contribution >= 4 is 0 Å². The Morgan fingerprint density at radius 3 is 2.33 bits per heavy atom. The molecule has 2 saturated heterocycles. The second-order valence-electron chi connectivity index (χ2n) is 4.85. The Hall–Kier alpha value is -0.0800. The minimum Gasteiger partial charge on any atom is -0.396 e. The molecule has 70 valence electrons. The van der Waals surface area contributed by atoms with E-state index in [0.717, 1.165) is 12.8 Å². The summed E-state index contributed by atoms with van der Waals surface area (Å²) >= 11 is 0. The van der Waals surface area contributed by atoms with Crippen molar-refractivity contribution in [1.29, 1.82) is 0 Å². The molecule has 12 heavy (non-hydrogen) atoms. The lowest BCUT2D eigenvalue weighted by Crippen LogP contribution is -2.44. The number of rotatable bonds is 2. The molecular weight excluding hydrogens is 152 g/mol. The van der Waals surface area contributed by atoms with Gasteiger partial charge in [0.25, 0.3) is 0 Å². The molecule has 0 spiro atoms. The van der Waals surface area contributed by atoms with Crippen LogP contribution in [0.2, 0.25) is 0 Å². The van der Waals surface area contributed by atoms with Gasteiger partial charge in [-0.25, -0.2) is 0 Å². The highest BCUT2D eigenvalue weighted by molar-refractivity contribution is 5.04.